The molecule has 1 unspecified atom stereocenters. The maximum atomic E-state index is 13.5. The van der Waals surface area contributed by atoms with E-state index in [2.05, 4.69) is 15.1 Å². The van der Waals surface area contributed by atoms with Crippen LogP contribution in [0.5, 0.6) is 11.5 Å². The minimum Gasteiger partial charge on any atom is -0.496 e. The highest BCUT2D eigenvalue weighted by atomic mass is 16.5. The SMILES string of the molecule is COc1cccc(OC)c1-c1ccc(C(=O)N(C2CC2)C2CCc3[nH]ncc3C2)cc1. The standard InChI is InChI=1S/C25H27N3O3/c1-30-22-4-3-5-23(31-2)24(22)16-6-8-17(9-7-16)25(29)28(19-10-11-19)20-12-13-21-18(14-20)15-26-27-21/h3-9,15,19-20H,10-14H2,1-2H3,(H,26,27). The van der Waals surface area contributed by atoms with Crippen molar-refractivity contribution in [2.24, 2.45) is 0 Å². The number of hydrogen-bond acceptors (Lipinski definition) is 4. The summed E-state index contributed by atoms with van der Waals surface area (Å²) in [6, 6.07) is 14.1. The molecule has 6 heteroatoms. The highest BCUT2D eigenvalue weighted by Gasteiger charge is 2.39. The summed E-state index contributed by atoms with van der Waals surface area (Å²) in [5.74, 6) is 1.62. The number of aromatic nitrogens is 2. The molecule has 1 aromatic heterocycles. The first kappa shape index (κ1) is 19.7. The van der Waals surface area contributed by atoms with E-state index in [1.54, 1.807) is 14.2 Å². The summed E-state index contributed by atoms with van der Waals surface area (Å²) in [5.41, 5.74) is 5.04. The number of ether oxygens (including phenoxy) is 2. The van der Waals surface area contributed by atoms with Gasteiger partial charge >= 0.3 is 0 Å². The molecule has 2 aliphatic carbocycles. The number of nitrogens with one attached hydrogen (secondary N) is 1. The van der Waals surface area contributed by atoms with Gasteiger partial charge in [-0.25, -0.2) is 0 Å². The molecule has 0 saturated heterocycles. The molecule has 31 heavy (non-hydrogen) atoms. The van der Waals surface area contributed by atoms with Crippen molar-refractivity contribution in [2.75, 3.05) is 14.2 Å². The third-order valence-corrected chi connectivity index (χ3v) is 6.41. The van der Waals surface area contributed by atoms with Crippen LogP contribution in [-0.4, -0.2) is 47.3 Å². The number of hydrogen-bond donors (Lipinski definition) is 1. The van der Waals surface area contributed by atoms with Gasteiger partial charge in [0.1, 0.15) is 11.5 Å². The van der Waals surface area contributed by atoms with E-state index in [-0.39, 0.29) is 11.9 Å². The molecule has 2 aromatic carbocycles. The number of nitrogens with zero attached hydrogens (tertiary/aromatic N) is 2. The summed E-state index contributed by atoms with van der Waals surface area (Å²) >= 11 is 0. The smallest absolute Gasteiger partial charge is 0.254 e. The first-order chi connectivity index (χ1) is 15.2. The van der Waals surface area contributed by atoms with Crippen molar-refractivity contribution in [1.82, 2.24) is 15.1 Å². The third-order valence-electron chi connectivity index (χ3n) is 6.41. The lowest BCUT2D eigenvalue weighted by Crippen LogP contribution is -2.44. The Balaban J connectivity index is 1.41. The number of aryl methyl sites for hydroxylation is 1. The van der Waals surface area contributed by atoms with Gasteiger partial charge in [-0.15, -0.1) is 0 Å². The Morgan fingerprint density at radius 1 is 1.00 bits per heavy atom. The molecule has 2 aliphatic rings. The molecule has 5 rings (SSSR count). The first-order valence-electron chi connectivity index (χ1n) is 10.8. The maximum Gasteiger partial charge on any atom is 0.254 e. The van der Waals surface area contributed by atoms with Crippen LogP contribution < -0.4 is 9.47 Å². The summed E-state index contributed by atoms with van der Waals surface area (Å²) in [6.45, 7) is 0. The van der Waals surface area contributed by atoms with Crippen molar-refractivity contribution in [2.45, 2.75) is 44.2 Å². The zero-order valence-corrected chi connectivity index (χ0v) is 17.9. The number of methoxy groups -OCH3 is 2. The van der Waals surface area contributed by atoms with Gasteiger partial charge in [0.2, 0.25) is 0 Å². The number of benzene rings is 2. The van der Waals surface area contributed by atoms with Gasteiger partial charge in [0.05, 0.1) is 26.0 Å². The molecule has 1 saturated carbocycles. The fraction of sp³-hybridized carbons (Fsp3) is 0.360. The Kier molecular flexibility index (Phi) is 5.14. The zero-order valence-electron chi connectivity index (χ0n) is 17.9. The lowest BCUT2D eigenvalue weighted by atomic mass is 9.91. The molecule has 1 N–H and O–H groups in total. The van der Waals surface area contributed by atoms with Crippen molar-refractivity contribution in [1.29, 1.82) is 0 Å². The van der Waals surface area contributed by atoms with Crippen molar-refractivity contribution in [3.63, 3.8) is 0 Å². The average Bonchev–Trinajstić information content (AvgIpc) is 3.54. The lowest BCUT2D eigenvalue weighted by molar-refractivity contribution is 0.0643. The van der Waals surface area contributed by atoms with Gasteiger partial charge in [0.15, 0.2) is 0 Å². The summed E-state index contributed by atoms with van der Waals surface area (Å²) in [7, 11) is 3.30. The number of rotatable bonds is 6. The van der Waals surface area contributed by atoms with Gasteiger partial charge in [-0.05, 0) is 67.5 Å². The van der Waals surface area contributed by atoms with Crippen molar-refractivity contribution < 1.29 is 14.3 Å². The highest BCUT2D eigenvalue weighted by molar-refractivity contribution is 5.95. The Morgan fingerprint density at radius 3 is 2.35 bits per heavy atom. The Hall–Kier alpha value is -3.28. The first-order valence-corrected chi connectivity index (χ1v) is 10.8. The lowest BCUT2D eigenvalue weighted by Gasteiger charge is -2.34. The molecule has 0 radical (unpaired) electrons. The van der Waals surface area contributed by atoms with Crippen LogP contribution in [0, 0.1) is 0 Å². The van der Waals surface area contributed by atoms with E-state index < -0.39 is 0 Å². The fourth-order valence-electron chi connectivity index (χ4n) is 4.68. The number of amides is 1. The van der Waals surface area contributed by atoms with E-state index in [0.29, 0.717) is 6.04 Å². The molecule has 1 atom stereocenters. The highest BCUT2D eigenvalue weighted by Crippen LogP contribution is 2.39. The van der Waals surface area contributed by atoms with Crippen LogP contribution in [0.4, 0.5) is 0 Å². The molecule has 160 valence electrons. The summed E-state index contributed by atoms with van der Waals surface area (Å²) in [5, 5.41) is 7.27. The number of carbonyl (C=O) groups is 1. The minimum absolute atomic E-state index is 0.123. The van der Waals surface area contributed by atoms with Crippen LogP contribution in [0.1, 0.15) is 40.9 Å². The van der Waals surface area contributed by atoms with E-state index in [9.17, 15) is 4.79 Å². The predicted molar refractivity (Wildman–Crippen MR) is 119 cm³/mol. The number of fused-ring (bicyclic) bond motifs is 1. The van der Waals surface area contributed by atoms with Crippen LogP contribution >= 0.6 is 0 Å². The Bertz CT molecular complexity index is 1060. The number of H-pyrrole nitrogens is 1. The number of carbonyl (C=O) groups excluding carboxylic acids is 1. The normalized spacial score (nSPS) is 17.7. The van der Waals surface area contributed by atoms with Crippen LogP contribution in [0.15, 0.2) is 48.7 Å². The van der Waals surface area contributed by atoms with Gasteiger partial charge < -0.3 is 14.4 Å². The number of aromatic amines is 1. The van der Waals surface area contributed by atoms with E-state index in [0.717, 1.165) is 60.3 Å². The molecule has 1 fully saturated rings. The third kappa shape index (κ3) is 3.67. The minimum atomic E-state index is 0.123. The summed E-state index contributed by atoms with van der Waals surface area (Å²) in [4.78, 5) is 15.7. The summed E-state index contributed by atoms with van der Waals surface area (Å²) < 4.78 is 11.1. The van der Waals surface area contributed by atoms with Gasteiger partial charge in [0.25, 0.3) is 5.91 Å². The molecule has 0 aliphatic heterocycles. The quantitative estimate of drug-likeness (QED) is 0.651. The van der Waals surface area contributed by atoms with Gasteiger partial charge in [0, 0.05) is 23.3 Å². The molecular weight excluding hydrogens is 390 g/mol. The molecule has 0 spiro atoms. The van der Waals surface area contributed by atoms with Gasteiger partial charge in [-0.2, -0.15) is 5.10 Å². The van der Waals surface area contributed by atoms with Gasteiger partial charge in [-0.3, -0.25) is 9.89 Å². The molecule has 1 amide bonds. The van der Waals surface area contributed by atoms with Crippen molar-refractivity contribution >= 4 is 5.91 Å². The molecule has 3 aromatic rings. The van der Waals surface area contributed by atoms with Crippen molar-refractivity contribution in [3.8, 4) is 22.6 Å². The van der Waals surface area contributed by atoms with Crippen molar-refractivity contribution in [3.05, 3.63) is 65.5 Å². The van der Waals surface area contributed by atoms with E-state index in [1.165, 1.54) is 11.3 Å². The predicted octanol–water partition coefficient (Wildman–Crippen LogP) is 4.26. The van der Waals surface area contributed by atoms with Crippen LogP contribution in [-0.2, 0) is 12.8 Å². The van der Waals surface area contributed by atoms with Gasteiger partial charge in [-0.1, -0.05) is 18.2 Å². The van der Waals surface area contributed by atoms with Crippen LogP contribution in [0.3, 0.4) is 0 Å². The van der Waals surface area contributed by atoms with E-state index >= 15 is 0 Å². The zero-order chi connectivity index (χ0) is 21.4. The van der Waals surface area contributed by atoms with Crippen LogP contribution in [0.2, 0.25) is 0 Å². The fourth-order valence-corrected chi connectivity index (χ4v) is 4.68. The van der Waals surface area contributed by atoms with E-state index in [4.69, 9.17) is 9.47 Å². The molecule has 6 nitrogen and oxygen atoms in total. The maximum absolute atomic E-state index is 13.5. The largest absolute Gasteiger partial charge is 0.496 e. The topological polar surface area (TPSA) is 67.5 Å². The second-order valence-electron chi connectivity index (χ2n) is 8.33. The van der Waals surface area contributed by atoms with E-state index in [1.807, 2.05) is 48.7 Å². The molecular formula is C25H27N3O3. The second kappa shape index (κ2) is 8.10. The molecule has 1 heterocycles. The average molecular weight is 418 g/mol. The Morgan fingerprint density at radius 2 is 1.71 bits per heavy atom. The molecule has 0 bridgehead atoms. The summed E-state index contributed by atoms with van der Waals surface area (Å²) in [6.07, 6.45) is 6.90. The second-order valence-corrected chi connectivity index (χ2v) is 8.33. The monoisotopic (exact) mass is 417 g/mol. The Labute approximate surface area is 182 Å². The van der Waals surface area contributed by atoms with Crippen LogP contribution in [0.25, 0.3) is 11.1 Å².